The Balaban J connectivity index is 2.11. The quantitative estimate of drug-likeness (QED) is 0.787. The summed E-state index contributed by atoms with van der Waals surface area (Å²) in [6.45, 7) is 5.65. The van der Waals surface area contributed by atoms with E-state index >= 15 is 0 Å². The van der Waals surface area contributed by atoms with E-state index in [0.29, 0.717) is 11.5 Å². The Labute approximate surface area is 118 Å². The molecule has 1 aliphatic carbocycles. The molecule has 0 bridgehead atoms. The van der Waals surface area contributed by atoms with Gasteiger partial charge in [0.25, 0.3) is 0 Å². The minimum Gasteiger partial charge on any atom is -0.319 e. The molecule has 0 aliphatic heterocycles. The lowest BCUT2D eigenvalue weighted by molar-refractivity contribution is 0.347. The van der Waals surface area contributed by atoms with E-state index in [0.717, 1.165) is 12.5 Å². The monoisotopic (exact) mass is 260 g/mol. The van der Waals surface area contributed by atoms with Crippen molar-refractivity contribution in [3.8, 4) is 0 Å². The zero-order chi connectivity index (χ0) is 13.9. The molecular weight excluding hydrogens is 232 g/mol. The van der Waals surface area contributed by atoms with E-state index in [1.807, 2.05) is 0 Å². The van der Waals surface area contributed by atoms with Crippen molar-refractivity contribution in [3.05, 3.63) is 35.4 Å². The highest BCUT2D eigenvalue weighted by Gasteiger charge is 2.48. The highest BCUT2D eigenvalue weighted by Crippen LogP contribution is 2.54. The van der Waals surface area contributed by atoms with Crippen LogP contribution in [0.25, 0.3) is 0 Å². The normalized spacial score (nSPS) is 18.6. The van der Waals surface area contributed by atoms with E-state index in [1.165, 1.54) is 30.4 Å². The topological polar surface area (TPSA) is 24.1 Å². The third kappa shape index (κ3) is 3.37. The molecule has 0 aromatic heterocycles. The molecule has 2 rings (SSSR count). The van der Waals surface area contributed by atoms with Crippen LogP contribution in [0.3, 0.4) is 0 Å². The predicted molar refractivity (Wildman–Crippen MR) is 82.4 cm³/mol. The van der Waals surface area contributed by atoms with Crippen molar-refractivity contribution >= 4 is 0 Å². The van der Waals surface area contributed by atoms with Gasteiger partial charge in [-0.25, -0.2) is 0 Å². The predicted octanol–water partition coefficient (Wildman–Crippen LogP) is 3.15. The number of rotatable bonds is 7. The van der Waals surface area contributed by atoms with Gasteiger partial charge in [-0.2, -0.15) is 0 Å². The lowest BCUT2D eigenvalue weighted by Gasteiger charge is -2.27. The summed E-state index contributed by atoms with van der Waals surface area (Å²) in [6.07, 6.45) is 3.83. The fourth-order valence-electron chi connectivity index (χ4n) is 3.22. The van der Waals surface area contributed by atoms with Crippen molar-refractivity contribution in [2.24, 2.45) is 11.3 Å². The van der Waals surface area contributed by atoms with Gasteiger partial charge >= 0.3 is 0 Å². The summed E-state index contributed by atoms with van der Waals surface area (Å²) in [4.78, 5) is 0. The molecule has 2 N–H and O–H groups in total. The molecule has 0 spiro atoms. The third-order valence-corrected chi connectivity index (χ3v) is 4.28. The van der Waals surface area contributed by atoms with Gasteiger partial charge in [0.15, 0.2) is 0 Å². The van der Waals surface area contributed by atoms with Crippen LogP contribution >= 0.6 is 0 Å². The molecule has 1 unspecified atom stereocenters. The van der Waals surface area contributed by atoms with E-state index in [9.17, 15) is 0 Å². The van der Waals surface area contributed by atoms with Crippen LogP contribution in [0, 0.1) is 11.3 Å². The number of nitrogens with one attached hydrogen (secondary N) is 2. The van der Waals surface area contributed by atoms with Crippen LogP contribution in [0.5, 0.6) is 0 Å². The summed E-state index contributed by atoms with van der Waals surface area (Å²) in [5.74, 6) is 0.727. The van der Waals surface area contributed by atoms with Gasteiger partial charge in [-0.3, -0.25) is 0 Å². The Bertz CT molecular complexity index is 390. The van der Waals surface area contributed by atoms with Gasteiger partial charge in [0.05, 0.1) is 0 Å². The van der Waals surface area contributed by atoms with Crippen molar-refractivity contribution in [1.82, 2.24) is 10.6 Å². The molecule has 2 heteroatoms. The highest BCUT2D eigenvalue weighted by atomic mass is 15.0. The zero-order valence-corrected chi connectivity index (χ0v) is 12.8. The second-order valence-corrected chi connectivity index (χ2v) is 6.45. The molecule has 1 atom stereocenters. The average Bonchev–Trinajstić information content (AvgIpc) is 3.13. The van der Waals surface area contributed by atoms with Gasteiger partial charge in [0.1, 0.15) is 0 Å². The van der Waals surface area contributed by atoms with Crippen LogP contribution in [-0.2, 0) is 6.42 Å². The second kappa shape index (κ2) is 6.06. The number of hydrogen-bond donors (Lipinski definition) is 2. The molecule has 0 saturated heterocycles. The van der Waals surface area contributed by atoms with E-state index in [1.54, 1.807) is 0 Å². The Morgan fingerprint density at radius 3 is 2.16 bits per heavy atom. The van der Waals surface area contributed by atoms with Crippen molar-refractivity contribution in [2.45, 2.75) is 39.2 Å². The molecule has 2 nitrogen and oxygen atoms in total. The number of benzene rings is 1. The Morgan fingerprint density at radius 1 is 1.11 bits per heavy atom. The Kier molecular flexibility index (Phi) is 4.64. The maximum atomic E-state index is 3.53. The first kappa shape index (κ1) is 14.5. The van der Waals surface area contributed by atoms with Gasteiger partial charge in [-0.1, -0.05) is 38.1 Å². The second-order valence-electron chi connectivity index (χ2n) is 6.45. The summed E-state index contributed by atoms with van der Waals surface area (Å²) in [6, 6.07) is 9.71. The molecule has 1 saturated carbocycles. The minimum atomic E-state index is 0.434. The van der Waals surface area contributed by atoms with E-state index in [2.05, 4.69) is 62.8 Å². The molecule has 0 radical (unpaired) electrons. The van der Waals surface area contributed by atoms with Crippen molar-refractivity contribution < 1.29 is 0 Å². The standard InChI is InChI=1S/C17H28N2/c1-13(2)11-14-5-7-15(8-6-14)16(19-4)17(9-10-17)12-18-3/h5-8,13,16,18-19H,9-12H2,1-4H3. The zero-order valence-electron chi connectivity index (χ0n) is 12.8. The summed E-state index contributed by atoms with van der Waals surface area (Å²) in [5, 5.41) is 6.88. The van der Waals surface area contributed by atoms with Gasteiger partial charge in [-0.15, -0.1) is 0 Å². The summed E-state index contributed by atoms with van der Waals surface area (Å²) in [7, 11) is 4.14. The molecule has 1 aliphatic rings. The molecule has 0 heterocycles. The molecule has 19 heavy (non-hydrogen) atoms. The van der Waals surface area contributed by atoms with E-state index in [4.69, 9.17) is 0 Å². The fourth-order valence-corrected chi connectivity index (χ4v) is 3.22. The first-order chi connectivity index (χ1) is 9.11. The SMILES string of the molecule is CNCC1(C(NC)c2ccc(CC(C)C)cc2)CC1. The van der Waals surface area contributed by atoms with Crippen LogP contribution in [0.1, 0.15) is 43.9 Å². The van der Waals surface area contributed by atoms with Gasteiger partial charge < -0.3 is 10.6 Å². The Morgan fingerprint density at radius 2 is 1.74 bits per heavy atom. The third-order valence-electron chi connectivity index (χ3n) is 4.28. The van der Waals surface area contributed by atoms with Crippen LogP contribution in [-0.4, -0.2) is 20.6 Å². The molecule has 1 fully saturated rings. The Hall–Kier alpha value is -0.860. The van der Waals surface area contributed by atoms with Crippen LogP contribution < -0.4 is 10.6 Å². The summed E-state index contributed by atoms with van der Waals surface area (Å²) >= 11 is 0. The minimum absolute atomic E-state index is 0.434. The van der Waals surface area contributed by atoms with Gasteiger partial charge in [-0.05, 0) is 50.4 Å². The van der Waals surface area contributed by atoms with Crippen LogP contribution in [0.4, 0.5) is 0 Å². The van der Waals surface area contributed by atoms with E-state index < -0.39 is 0 Å². The fraction of sp³-hybridized carbons (Fsp3) is 0.647. The van der Waals surface area contributed by atoms with Crippen LogP contribution in [0.15, 0.2) is 24.3 Å². The van der Waals surface area contributed by atoms with Crippen molar-refractivity contribution in [1.29, 1.82) is 0 Å². The average molecular weight is 260 g/mol. The van der Waals surface area contributed by atoms with Gasteiger partial charge in [0, 0.05) is 18.0 Å². The highest BCUT2D eigenvalue weighted by molar-refractivity contribution is 5.28. The first-order valence-corrected chi connectivity index (χ1v) is 7.52. The maximum absolute atomic E-state index is 3.53. The lowest BCUT2D eigenvalue weighted by Crippen LogP contribution is -2.33. The van der Waals surface area contributed by atoms with E-state index in [-0.39, 0.29) is 0 Å². The van der Waals surface area contributed by atoms with Crippen LogP contribution in [0.2, 0.25) is 0 Å². The largest absolute Gasteiger partial charge is 0.319 e. The molecule has 106 valence electrons. The molecule has 1 aromatic carbocycles. The number of hydrogen-bond acceptors (Lipinski definition) is 2. The summed E-state index contributed by atoms with van der Waals surface area (Å²) < 4.78 is 0. The van der Waals surface area contributed by atoms with Crippen molar-refractivity contribution in [2.75, 3.05) is 20.6 Å². The first-order valence-electron chi connectivity index (χ1n) is 7.52. The molecule has 0 amide bonds. The summed E-state index contributed by atoms with van der Waals surface area (Å²) in [5.41, 5.74) is 3.32. The van der Waals surface area contributed by atoms with Gasteiger partial charge in [0.2, 0.25) is 0 Å². The molecular formula is C17H28N2. The lowest BCUT2D eigenvalue weighted by atomic mass is 9.89. The molecule has 1 aromatic rings. The van der Waals surface area contributed by atoms with Crippen molar-refractivity contribution in [3.63, 3.8) is 0 Å². The smallest absolute Gasteiger partial charge is 0.0386 e. The maximum Gasteiger partial charge on any atom is 0.0386 e.